The number of hydrogen-bond acceptors (Lipinski definition) is 7. The number of hydrazine groups is 2. The molecule has 0 saturated carbocycles. The summed E-state index contributed by atoms with van der Waals surface area (Å²) in [5.41, 5.74) is 9.65. The lowest BCUT2D eigenvalue weighted by atomic mass is 9.98. The van der Waals surface area contributed by atoms with E-state index in [0.29, 0.717) is 22.1 Å². The average Bonchev–Trinajstić information content (AvgIpc) is 3.23. The number of benzene rings is 2. The second kappa shape index (κ2) is 7.31. The summed E-state index contributed by atoms with van der Waals surface area (Å²) >= 11 is 11.2. The van der Waals surface area contributed by atoms with Crippen LogP contribution in [0.25, 0.3) is 6.08 Å². The molecule has 8 nitrogen and oxygen atoms in total. The van der Waals surface area contributed by atoms with Crippen molar-refractivity contribution in [1.82, 2.24) is 16.4 Å². The zero-order chi connectivity index (χ0) is 21.7. The van der Waals surface area contributed by atoms with E-state index in [9.17, 15) is 9.59 Å². The highest BCUT2D eigenvalue weighted by atomic mass is 35.5. The minimum absolute atomic E-state index is 0.0103. The van der Waals surface area contributed by atoms with Crippen LogP contribution in [0.2, 0.25) is 5.02 Å². The van der Waals surface area contributed by atoms with Gasteiger partial charge in [0.05, 0.1) is 11.4 Å². The van der Waals surface area contributed by atoms with Crippen LogP contribution in [0.15, 0.2) is 64.8 Å². The maximum Gasteiger partial charge on any atom is 0.270 e. The largest absolute Gasteiger partial charge is 0.298 e. The molecule has 1 fully saturated rings. The molecular weight excluding hydrogens is 436 g/mol. The van der Waals surface area contributed by atoms with E-state index < -0.39 is 11.8 Å². The Morgan fingerprint density at radius 3 is 2.68 bits per heavy atom. The maximum atomic E-state index is 13.3. The van der Waals surface area contributed by atoms with Gasteiger partial charge in [-0.15, -0.1) is 10.6 Å². The van der Waals surface area contributed by atoms with Gasteiger partial charge in [0.1, 0.15) is 5.57 Å². The quantitative estimate of drug-likeness (QED) is 0.370. The number of hydrazone groups is 1. The molecule has 0 spiro atoms. The van der Waals surface area contributed by atoms with Crippen molar-refractivity contribution in [2.45, 2.75) is 6.92 Å². The van der Waals surface area contributed by atoms with Gasteiger partial charge in [-0.05, 0) is 67.2 Å². The third-order valence-electron chi connectivity index (χ3n) is 5.02. The van der Waals surface area contributed by atoms with E-state index in [-0.39, 0.29) is 10.7 Å². The summed E-state index contributed by atoms with van der Waals surface area (Å²) in [5, 5.41) is 9.14. The van der Waals surface area contributed by atoms with E-state index >= 15 is 0 Å². The lowest BCUT2D eigenvalue weighted by molar-refractivity contribution is -0.122. The van der Waals surface area contributed by atoms with Crippen molar-refractivity contribution in [3.63, 3.8) is 0 Å². The molecule has 2 aromatic rings. The molecule has 0 atom stereocenters. The summed E-state index contributed by atoms with van der Waals surface area (Å²) in [4.78, 5) is 27.2. The summed E-state index contributed by atoms with van der Waals surface area (Å²) in [6.07, 6.45) is 3.40. The van der Waals surface area contributed by atoms with Gasteiger partial charge in [-0.3, -0.25) is 19.8 Å². The van der Waals surface area contributed by atoms with Crippen LogP contribution in [0.5, 0.6) is 0 Å². The van der Waals surface area contributed by atoms with Crippen molar-refractivity contribution in [1.29, 1.82) is 0 Å². The monoisotopic (exact) mass is 450 g/mol. The number of carbonyl (C=O) groups is 2. The topological polar surface area (TPSA) is 89.1 Å². The molecule has 3 aliphatic rings. The molecule has 5 rings (SSSR count). The number of amidine groups is 1. The third-order valence-corrected chi connectivity index (χ3v) is 5.55. The first-order chi connectivity index (χ1) is 14.9. The van der Waals surface area contributed by atoms with Crippen LogP contribution in [0.3, 0.4) is 0 Å². The van der Waals surface area contributed by atoms with Crippen molar-refractivity contribution in [3.8, 4) is 0 Å². The lowest BCUT2D eigenvalue weighted by Crippen LogP contribution is -2.54. The van der Waals surface area contributed by atoms with Crippen LogP contribution in [-0.2, 0) is 9.59 Å². The van der Waals surface area contributed by atoms with Crippen molar-refractivity contribution >= 4 is 64.0 Å². The Morgan fingerprint density at radius 1 is 1.13 bits per heavy atom. The van der Waals surface area contributed by atoms with Crippen LogP contribution < -0.4 is 26.3 Å². The van der Waals surface area contributed by atoms with Crippen LogP contribution in [0.4, 0.5) is 11.4 Å². The van der Waals surface area contributed by atoms with Crippen molar-refractivity contribution < 1.29 is 9.59 Å². The predicted molar refractivity (Wildman–Crippen MR) is 123 cm³/mol. The van der Waals surface area contributed by atoms with Crippen molar-refractivity contribution in [2.75, 3.05) is 9.91 Å². The molecule has 154 valence electrons. The summed E-state index contributed by atoms with van der Waals surface area (Å²) in [5.74, 6) is -0.558. The molecule has 10 heteroatoms. The van der Waals surface area contributed by atoms with Gasteiger partial charge in [0.25, 0.3) is 11.8 Å². The SMILES string of the molecule is Cc1ccc2c(c1)N1NNN=C1C(/C=C1\C(=O)NC(=S)N(c3ccc(Cl)cc3)C1=O)=C2. The van der Waals surface area contributed by atoms with E-state index in [0.717, 1.165) is 16.8 Å². The molecule has 3 N–H and O–H groups in total. The number of anilines is 2. The number of carbonyl (C=O) groups excluding carboxylic acids is 2. The summed E-state index contributed by atoms with van der Waals surface area (Å²) in [7, 11) is 0. The highest BCUT2D eigenvalue weighted by molar-refractivity contribution is 7.80. The number of nitrogens with zero attached hydrogens (tertiary/aromatic N) is 3. The van der Waals surface area contributed by atoms with Gasteiger partial charge in [0, 0.05) is 16.2 Å². The van der Waals surface area contributed by atoms with Gasteiger partial charge in [0.2, 0.25) is 0 Å². The molecule has 3 aliphatic heterocycles. The van der Waals surface area contributed by atoms with Gasteiger partial charge in [-0.1, -0.05) is 23.7 Å². The average molecular weight is 451 g/mol. The zero-order valence-corrected chi connectivity index (χ0v) is 17.7. The molecule has 0 radical (unpaired) electrons. The molecule has 0 aliphatic carbocycles. The van der Waals surface area contributed by atoms with Crippen molar-refractivity contribution in [2.24, 2.45) is 5.10 Å². The van der Waals surface area contributed by atoms with E-state index in [1.807, 2.05) is 31.2 Å². The Labute approximate surface area is 187 Å². The number of rotatable bonds is 2. The van der Waals surface area contributed by atoms with E-state index in [2.05, 4.69) is 21.5 Å². The normalized spacial score (nSPS) is 18.9. The first kappa shape index (κ1) is 19.4. The van der Waals surface area contributed by atoms with E-state index in [1.165, 1.54) is 11.0 Å². The second-order valence-corrected chi connectivity index (χ2v) is 7.91. The second-order valence-electron chi connectivity index (χ2n) is 7.09. The minimum atomic E-state index is -0.568. The fourth-order valence-electron chi connectivity index (χ4n) is 3.54. The number of aryl methyl sites for hydroxylation is 1. The Kier molecular flexibility index (Phi) is 4.58. The lowest BCUT2D eigenvalue weighted by Gasteiger charge is -2.30. The molecule has 0 bridgehead atoms. The predicted octanol–water partition coefficient (Wildman–Crippen LogP) is 2.56. The number of thiocarbonyl (C=S) groups is 1. The first-order valence-electron chi connectivity index (χ1n) is 9.30. The molecule has 2 amide bonds. The van der Waals surface area contributed by atoms with Gasteiger partial charge in [0.15, 0.2) is 10.9 Å². The molecule has 31 heavy (non-hydrogen) atoms. The summed E-state index contributed by atoms with van der Waals surface area (Å²) in [6, 6.07) is 12.6. The van der Waals surface area contributed by atoms with Gasteiger partial charge in [-0.2, -0.15) is 0 Å². The molecule has 2 aromatic carbocycles. The van der Waals surface area contributed by atoms with E-state index in [1.54, 1.807) is 29.3 Å². The summed E-state index contributed by atoms with van der Waals surface area (Å²) < 4.78 is 0. The third kappa shape index (κ3) is 3.28. The van der Waals surface area contributed by atoms with E-state index in [4.69, 9.17) is 23.8 Å². The maximum absolute atomic E-state index is 13.3. The fraction of sp³-hybridized carbons (Fsp3) is 0.0476. The van der Waals surface area contributed by atoms with Gasteiger partial charge < -0.3 is 0 Å². The number of fused-ring (bicyclic) bond motifs is 3. The van der Waals surface area contributed by atoms with Crippen LogP contribution in [-0.4, -0.2) is 22.8 Å². The molecule has 3 heterocycles. The van der Waals surface area contributed by atoms with Crippen molar-refractivity contribution in [3.05, 3.63) is 75.8 Å². The van der Waals surface area contributed by atoms with Crippen LogP contribution in [0, 0.1) is 6.92 Å². The highest BCUT2D eigenvalue weighted by Gasteiger charge is 2.36. The fourth-order valence-corrected chi connectivity index (χ4v) is 3.95. The Morgan fingerprint density at radius 2 is 1.90 bits per heavy atom. The number of amides is 2. The van der Waals surface area contributed by atoms with Crippen LogP contribution in [0.1, 0.15) is 11.1 Å². The standard InChI is InChI=1S/C21H15ClN6O2S/c1-11-2-3-12-9-13(18-24-25-26-28(18)17(12)8-11)10-16-19(29)23-21(31)27(20(16)30)15-6-4-14(22)5-7-15/h2-10,25-26H,1H3,(H,23,29,31)/b16-10+. The highest BCUT2D eigenvalue weighted by Crippen LogP contribution is 2.32. The first-order valence-corrected chi connectivity index (χ1v) is 10.1. The molecule has 0 aromatic heterocycles. The Hall–Kier alpha value is -3.53. The Bertz CT molecular complexity index is 1250. The van der Waals surface area contributed by atoms with Crippen LogP contribution >= 0.6 is 23.8 Å². The van der Waals surface area contributed by atoms with Gasteiger partial charge in [-0.25, -0.2) is 10.5 Å². The molecule has 0 unspecified atom stereocenters. The minimum Gasteiger partial charge on any atom is -0.298 e. The summed E-state index contributed by atoms with van der Waals surface area (Å²) in [6.45, 7) is 2.00. The van der Waals surface area contributed by atoms with Gasteiger partial charge >= 0.3 is 0 Å². The Balaban J connectivity index is 1.58. The number of nitrogens with one attached hydrogen (secondary N) is 3. The smallest absolute Gasteiger partial charge is 0.270 e. The number of halogens is 1. The molecule has 1 saturated heterocycles. The molecular formula is C21H15ClN6O2S. The zero-order valence-electron chi connectivity index (χ0n) is 16.1. The number of hydrogen-bond donors (Lipinski definition) is 3.